The van der Waals surface area contributed by atoms with Crippen LogP contribution in [0.25, 0.3) is 5.57 Å². The van der Waals surface area contributed by atoms with E-state index >= 15 is 0 Å². The Morgan fingerprint density at radius 2 is 2.23 bits per heavy atom. The van der Waals surface area contributed by atoms with Crippen molar-refractivity contribution in [2.24, 2.45) is 0 Å². The second-order valence-corrected chi connectivity index (χ2v) is 3.65. The quantitative estimate of drug-likeness (QED) is 0.660. The molecular weight excluding hydrogens is 180 g/mol. The fraction of sp³-hybridized carbons (Fsp3) is 0.333. The SMILES string of the molecule is C=C(CCCC)c1cccc(Cl)c1. The summed E-state index contributed by atoms with van der Waals surface area (Å²) in [6, 6.07) is 7.89. The number of unbranched alkanes of at least 4 members (excludes halogenated alkanes) is 1. The standard InChI is InChI=1S/C12H15Cl/c1-3-4-6-10(2)11-7-5-8-12(13)9-11/h5,7-9H,2-4,6H2,1H3. The summed E-state index contributed by atoms with van der Waals surface area (Å²) < 4.78 is 0. The molecule has 0 unspecified atom stereocenters. The lowest BCUT2D eigenvalue weighted by Gasteiger charge is -2.04. The Bertz CT molecular complexity index is 289. The molecule has 1 heteroatoms. The van der Waals surface area contributed by atoms with Gasteiger partial charge < -0.3 is 0 Å². The third-order valence-corrected chi connectivity index (χ3v) is 2.30. The molecule has 0 amide bonds. The van der Waals surface area contributed by atoms with E-state index in [-0.39, 0.29) is 0 Å². The zero-order valence-corrected chi connectivity index (χ0v) is 8.77. The molecule has 1 rings (SSSR count). The molecule has 0 saturated carbocycles. The van der Waals surface area contributed by atoms with Gasteiger partial charge in [-0.15, -0.1) is 0 Å². The molecule has 0 saturated heterocycles. The number of hydrogen-bond acceptors (Lipinski definition) is 0. The van der Waals surface area contributed by atoms with Crippen molar-refractivity contribution in [2.75, 3.05) is 0 Å². The first-order valence-electron chi connectivity index (χ1n) is 4.67. The second-order valence-electron chi connectivity index (χ2n) is 3.22. The predicted molar refractivity (Wildman–Crippen MR) is 60.0 cm³/mol. The lowest BCUT2D eigenvalue weighted by Crippen LogP contribution is -1.82. The van der Waals surface area contributed by atoms with Gasteiger partial charge in [-0.25, -0.2) is 0 Å². The van der Waals surface area contributed by atoms with Gasteiger partial charge in [0.25, 0.3) is 0 Å². The van der Waals surface area contributed by atoms with Crippen LogP contribution >= 0.6 is 11.6 Å². The Morgan fingerprint density at radius 3 is 2.85 bits per heavy atom. The molecule has 0 bridgehead atoms. The number of rotatable bonds is 4. The monoisotopic (exact) mass is 194 g/mol. The largest absolute Gasteiger partial charge is 0.0952 e. The van der Waals surface area contributed by atoms with Gasteiger partial charge in [0.1, 0.15) is 0 Å². The van der Waals surface area contributed by atoms with Gasteiger partial charge in [-0.05, 0) is 36.1 Å². The summed E-state index contributed by atoms with van der Waals surface area (Å²) in [5.74, 6) is 0. The highest BCUT2D eigenvalue weighted by atomic mass is 35.5. The first-order valence-corrected chi connectivity index (χ1v) is 5.05. The van der Waals surface area contributed by atoms with E-state index in [9.17, 15) is 0 Å². The molecule has 0 nitrogen and oxygen atoms in total. The molecule has 1 aromatic carbocycles. The molecule has 0 aromatic heterocycles. The Labute approximate surface area is 85.2 Å². The maximum Gasteiger partial charge on any atom is 0.0412 e. The zero-order chi connectivity index (χ0) is 9.68. The summed E-state index contributed by atoms with van der Waals surface area (Å²) in [5, 5.41) is 0.787. The molecule has 1 aromatic rings. The van der Waals surface area contributed by atoms with Crippen LogP contribution in [0, 0.1) is 0 Å². The molecule has 0 aliphatic rings. The van der Waals surface area contributed by atoms with Crippen LogP contribution in [0.2, 0.25) is 5.02 Å². The van der Waals surface area contributed by atoms with Crippen LogP contribution in [0.1, 0.15) is 31.7 Å². The topological polar surface area (TPSA) is 0 Å². The molecule has 70 valence electrons. The third-order valence-electron chi connectivity index (χ3n) is 2.06. The van der Waals surface area contributed by atoms with Crippen LogP contribution in [-0.2, 0) is 0 Å². The Morgan fingerprint density at radius 1 is 1.46 bits per heavy atom. The van der Waals surface area contributed by atoms with E-state index in [1.54, 1.807) is 0 Å². The first-order chi connectivity index (χ1) is 6.24. The van der Waals surface area contributed by atoms with Crippen LogP contribution in [0.4, 0.5) is 0 Å². The van der Waals surface area contributed by atoms with Crippen molar-refractivity contribution in [3.63, 3.8) is 0 Å². The molecule has 0 heterocycles. The molecule has 13 heavy (non-hydrogen) atoms. The lowest BCUT2D eigenvalue weighted by atomic mass is 10.0. The fourth-order valence-electron chi connectivity index (χ4n) is 1.24. The van der Waals surface area contributed by atoms with Crippen LogP contribution in [-0.4, -0.2) is 0 Å². The summed E-state index contributed by atoms with van der Waals surface area (Å²) in [4.78, 5) is 0. The Kier molecular flexibility index (Phi) is 4.04. The van der Waals surface area contributed by atoms with E-state index in [1.807, 2.05) is 18.2 Å². The number of hydrogen-bond donors (Lipinski definition) is 0. The van der Waals surface area contributed by atoms with Crippen LogP contribution in [0.5, 0.6) is 0 Å². The van der Waals surface area contributed by atoms with E-state index in [0.29, 0.717) is 0 Å². The first kappa shape index (κ1) is 10.3. The second kappa shape index (κ2) is 5.08. The predicted octanol–water partition coefficient (Wildman–Crippen LogP) is 4.54. The zero-order valence-electron chi connectivity index (χ0n) is 8.02. The van der Waals surface area contributed by atoms with E-state index in [2.05, 4.69) is 19.6 Å². The van der Waals surface area contributed by atoms with Gasteiger partial charge in [-0.3, -0.25) is 0 Å². The Hall–Kier alpha value is -0.750. The van der Waals surface area contributed by atoms with Crippen molar-refractivity contribution >= 4 is 17.2 Å². The number of benzene rings is 1. The highest BCUT2D eigenvalue weighted by molar-refractivity contribution is 6.30. The minimum atomic E-state index is 0.787. The van der Waals surface area contributed by atoms with Crippen LogP contribution in [0.15, 0.2) is 30.8 Å². The van der Waals surface area contributed by atoms with Gasteiger partial charge in [-0.1, -0.05) is 43.7 Å². The maximum absolute atomic E-state index is 5.88. The van der Waals surface area contributed by atoms with Crippen molar-refractivity contribution in [3.05, 3.63) is 41.4 Å². The van der Waals surface area contributed by atoms with Crippen molar-refractivity contribution in [2.45, 2.75) is 26.2 Å². The maximum atomic E-state index is 5.88. The number of halogens is 1. The van der Waals surface area contributed by atoms with Crippen molar-refractivity contribution in [1.82, 2.24) is 0 Å². The van der Waals surface area contributed by atoms with Gasteiger partial charge in [-0.2, -0.15) is 0 Å². The summed E-state index contributed by atoms with van der Waals surface area (Å²) in [6.45, 7) is 6.23. The van der Waals surface area contributed by atoms with Crippen LogP contribution in [0.3, 0.4) is 0 Å². The molecule has 0 spiro atoms. The highest BCUT2D eigenvalue weighted by Crippen LogP contribution is 2.21. The van der Waals surface area contributed by atoms with Crippen LogP contribution < -0.4 is 0 Å². The average molecular weight is 195 g/mol. The summed E-state index contributed by atoms with van der Waals surface area (Å²) >= 11 is 5.88. The van der Waals surface area contributed by atoms with Gasteiger partial charge >= 0.3 is 0 Å². The number of allylic oxidation sites excluding steroid dienone is 1. The van der Waals surface area contributed by atoms with Gasteiger partial charge in [0.2, 0.25) is 0 Å². The molecule has 0 atom stereocenters. The summed E-state index contributed by atoms with van der Waals surface area (Å²) in [6.07, 6.45) is 3.47. The molecule has 0 N–H and O–H groups in total. The molecular formula is C12H15Cl. The van der Waals surface area contributed by atoms with Gasteiger partial charge in [0.05, 0.1) is 0 Å². The fourth-order valence-corrected chi connectivity index (χ4v) is 1.43. The lowest BCUT2D eigenvalue weighted by molar-refractivity contribution is 0.825. The minimum Gasteiger partial charge on any atom is -0.0952 e. The Balaban J connectivity index is 2.66. The van der Waals surface area contributed by atoms with E-state index < -0.39 is 0 Å². The third kappa shape index (κ3) is 3.23. The van der Waals surface area contributed by atoms with Crippen molar-refractivity contribution in [3.8, 4) is 0 Å². The molecule has 0 aliphatic carbocycles. The smallest absolute Gasteiger partial charge is 0.0412 e. The molecule has 0 radical (unpaired) electrons. The van der Waals surface area contributed by atoms with E-state index in [4.69, 9.17) is 11.6 Å². The molecule has 0 fully saturated rings. The van der Waals surface area contributed by atoms with E-state index in [1.165, 1.54) is 24.0 Å². The van der Waals surface area contributed by atoms with Crippen molar-refractivity contribution in [1.29, 1.82) is 0 Å². The van der Waals surface area contributed by atoms with Gasteiger partial charge in [0, 0.05) is 5.02 Å². The minimum absolute atomic E-state index is 0.787. The average Bonchev–Trinajstić information content (AvgIpc) is 2.14. The van der Waals surface area contributed by atoms with Gasteiger partial charge in [0.15, 0.2) is 0 Å². The normalized spacial score (nSPS) is 10.0. The van der Waals surface area contributed by atoms with E-state index in [0.717, 1.165) is 11.4 Å². The summed E-state index contributed by atoms with van der Waals surface area (Å²) in [5.41, 5.74) is 2.35. The van der Waals surface area contributed by atoms with Crippen molar-refractivity contribution < 1.29 is 0 Å². The highest BCUT2D eigenvalue weighted by Gasteiger charge is 1.98. The summed E-state index contributed by atoms with van der Waals surface area (Å²) in [7, 11) is 0. The molecule has 0 aliphatic heterocycles.